The lowest BCUT2D eigenvalue weighted by atomic mass is 10.2. The molecule has 7 heteroatoms. The minimum Gasteiger partial charge on any atom is -0.335 e. The fourth-order valence-electron chi connectivity index (χ4n) is 1.49. The number of hydrogen-bond donors (Lipinski definition) is 1. The van der Waals surface area contributed by atoms with Crippen molar-refractivity contribution >= 4 is 29.1 Å². The van der Waals surface area contributed by atoms with Crippen LogP contribution in [0, 0.1) is 0 Å². The van der Waals surface area contributed by atoms with Gasteiger partial charge in [-0.05, 0) is 11.6 Å². The Balaban J connectivity index is 2.14. The molecule has 94 valence electrons. The number of carbonyl (C=O) groups is 1. The zero-order valence-corrected chi connectivity index (χ0v) is 11.0. The molecule has 0 bridgehead atoms. The molecule has 1 aromatic heterocycles. The first kappa shape index (κ1) is 12.9. The standard InChI is InChI=1S/C11H10Cl2N4O/c1-17(11(18)10-14-6-15-16-10)5-7-3-2-4-8(12)9(7)13/h2-4,6H,5H2,1H3,(H,14,15,16). The van der Waals surface area contributed by atoms with Gasteiger partial charge >= 0.3 is 0 Å². The van der Waals surface area contributed by atoms with Gasteiger partial charge in [-0.3, -0.25) is 9.89 Å². The molecule has 0 aliphatic rings. The second kappa shape index (κ2) is 5.37. The Bertz CT molecular complexity index is 556. The molecule has 1 heterocycles. The number of halogens is 2. The average Bonchev–Trinajstić information content (AvgIpc) is 2.87. The molecule has 2 rings (SSSR count). The van der Waals surface area contributed by atoms with Crippen molar-refractivity contribution < 1.29 is 4.79 Å². The maximum Gasteiger partial charge on any atom is 0.291 e. The van der Waals surface area contributed by atoms with Gasteiger partial charge in [-0.15, -0.1) is 0 Å². The third-order valence-electron chi connectivity index (χ3n) is 2.40. The van der Waals surface area contributed by atoms with E-state index in [1.165, 1.54) is 11.2 Å². The van der Waals surface area contributed by atoms with Crippen LogP contribution in [0.25, 0.3) is 0 Å². The molecule has 0 fully saturated rings. The summed E-state index contributed by atoms with van der Waals surface area (Å²) in [5.74, 6) is -0.0702. The molecule has 5 nitrogen and oxygen atoms in total. The van der Waals surface area contributed by atoms with Gasteiger partial charge in [0.2, 0.25) is 5.82 Å². The summed E-state index contributed by atoms with van der Waals surface area (Å²) >= 11 is 12.0. The fraction of sp³-hybridized carbons (Fsp3) is 0.182. The third-order valence-corrected chi connectivity index (χ3v) is 3.26. The predicted molar refractivity (Wildman–Crippen MR) is 68.6 cm³/mol. The van der Waals surface area contributed by atoms with E-state index < -0.39 is 0 Å². The molecule has 0 atom stereocenters. The van der Waals surface area contributed by atoms with Crippen molar-refractivity contribution in [1.82, 2.24) is 20.1 Å². The van der Waals surface area contributed by atoms with Gasteiger partial charge in [0.1, 0.15) is 6.33 Å². The Morgan fingerprint density at radius 2 is 2.22 bits per heavy atom. The van der Waals surface area contributed by atoms with Gasteiger partial charge in [0.05, 0.1) is 10.0 Å². The van der Waals surface area contributed by atoms with Crippen molar-refractivity contribution in [2.24, 2.45) is 0 Å². The number of aromatic amines is 1. The second-order valence-electron chi connectivity index (χ2n) is 3.71. The lowest BCUT2D eigenvalue weighted by molar-refractivity contribution is 0.0773. The summed E-state index contributed by atoms with van der Waals surface area (Å²) in [7, 11) is 1.65. The smallest absolute Gasteiger partial charge is 0.291 e. The van der Waals surface area contributed by atoms with Crippen molar-refractivity contribution in [3.05, 3.63) is 46.0 Å². The van der Waals surface area contributed by atoms with Gasteiger partial charge in [-0.2, -0.15) is 5.10 Å². The summed E-state index contributed by atoms with van der Waals surface area (Å²) in [6.07, 6.45) is 1.29. The molecule has 0 saturated heterocycles. The van der Waals surface area contributed by atoms with Gasteiger partial charge in [-0.25, -0.2) is 4.98 Å². The Kier molecular flexibility index (Phi) is 3.84. The van der Waals surface area contributed by atoms with Crippen molar-refractivity contribution in [2.75, 3.05) is 7.05 Å². The normalized spacial score (nSPS) is 10.4. The predicted octanol–water partition coefficient (Wildman–Crippen LogP) is 2.38. The quantitative estimate of drug-likeness (QED) is 0.941. The largest absolute Gasteiger partial charge is 0.335 e. The third kappa shape index (κ3) is 2.63. The highest BCUT2D eigenvalue weighted by atomic mass is 35.5. The number of H-pyrrole nitrogens is 1. The molecule has 0 aliphatic heterocycles. The average molecular weight is 285 g/mol. The van der Waals surface area contributed by atoms with E-state index in [2.05, 4.69) is 15.2 Å². The van der Waals surface area contributed by atoms with Crippen LogP contribution < -0.4 is 0 Å². The highest BCUT2D eigenvalue weighted by Crippen LogP contribution is 2.26. The first-order valence-corrected chi connectivity index (χ1v) is 5.89. The van der Waals surface area contributed by atoms with Gasteiger partial charge in [-0.1, -0.05) is 35.3 Å². The Morgan fingerprint density at radius 1 is 1.44 bits per heavy atom. The molecule has 0 aliphatic carbocycles. The minimum atomic E-state index is -0.261. The zero-order chi connectivity index (χ0) is 13.1. The number of amides is 1. The molecular weight excluding hydrogens is 275 g/mol. The van der Waals surface area contributed by atoms with Crippen molar-refractivity contribution in [2.45, 2.75) is 6.54 Å². The SMILES string of the molecule is CN(Cc1cccc(Cl)c1Cl)C(=O)c1ncn[nH]1. The number of hydrogen-bond acceptors (Lipinski definition) is 3. The molecular formula is C11H10Cl2N4O. The van der Waals surface area contributed by atoms with Crippen LogP contribution in [-0.2, 0) is 6.54 Å². The summed E-state index contributed by atoms with van der Waals surface area (Å²) < 4.78 is 0. The van der Waals surface area contributed by atoms with Gasteiger partial charge in [0, 0.05) is 13.6 Å². The molecule has 0 unspecified atom stereocenters. The minimum absolute atomic E-state index is 0.190. The van der Waals surface area contributed by atoms with E-state index in [4.69, 9.17) is 23.2 Å². The van der Waals surface area contributed by atoms with Crippen LogP contribution in [0.2, 0.25) is 10.0 Å². The van der Waals surface area contributed by atoms with Crippen molar-refractivity contribution in [3.8, 4) is 0 Å². The summed E-state index contributed by atoms with van der Waals surface area (Å²) in [4.78, 5) is 17.2. The molecule has 1 amide bonds. The van der Waals surface area contributed by atoms with E-state index in [-0.39, 0.29) is 11.7 Å². The van der Waals surface area contributed by atoms with Crippen molar-refractivity contribution in [3.63, 3.8) is 0 Å². The molecule has 1 aromatic carbocycles. The molecule has 2 aromatic rings. The topological polar surface area (TPSA) is 61.9 Å². The van der Waals surface area contributed by atoms with Crippen LogP contribution in [0.1, 0.15) is 16.2 Å². The van der Waals surface area contributed by atoms with E-state index in [9.17, 15) is 4.79 Å². The Morgan fingerprint density at radius 3 is 2.89 bits per heavy atom. The number of carbonyl (C=O) groups excluding carboxylic acids is 1. The zero-order valence-electron chi connectivity index (χ0n) is 9.52. The molecule has 0 spiro atoms. The van der Waals surface area contributed by atoms with Gasteiger partial charge in [0.25, 0.3) is 5.91 Å². The van der Waals surface area contributed by atoms with E-state index in [1.54, 1.807) is 19.2 Å². The lowest BCUT2D eigenvalue weighted by Gasteiger charge is -2.16. The van der Waals surface area contributed by atoms with E-state index in [0.717, 1.165) is 5.56 Å². The van der Waals surface area contributed by atoms with E-state index in [0.29, 0.717) is 16.6 Å². The van der Waals surface area contributed by atoms with Crippen molar-refractivity contribution in [1.29, 1.82) is 0 Å². The summed E-state index contributed by atoms with van der Waals surface area (Å²) in [6.45, 7) is 0.346. The lowest BCUT2D eigenvalue weighted by Crippen LogP contribution is -2.27. The number of aromatic nitrogens is 3. The maximum atomic E-state index is 11.9. The van der Waals surface area contributed by atoms with Crippen LogP contribution in [0.15, 0.2) is 24.5 Å². The fourth-order valence-corrected chi connectivity index (χ4v) is 1.87. The number of rotatable bonds is 3. The maximum absolute atomic E-state index is 11.9. The highest BCUT2D eigenvalue weighted by molar-refractivity contribution is 6.42. The molecule has 0 radical (unpaired) electrons. The highest BCUT2D eigenvalue weighted by Gasteiger charge is 2.16. The van der Waals surface area contributed by atoms with Crippen LogP contribution in [-0.4, -0.2) is 33.0 Å². The van der Waals surface area contributed by atoms with Crippen LogP contribution in [0.5, 0.6) is 0 Å². The molecule has 1 N–H and O–H groups in total. The molecule has 18 heavy (non-hydrogen) atoms. The van der Waals surface area contributed by atoms with Gasteiger partial charge in [0.15, 0.2) is 0 Å². The number of nitrogens with one attached hydrogen (secondary N) is 1. The van der Waals surface area contributed by atoms with E-state index in [1.807, 2.05) is 6.07 Å². The summed E-state index contributed by atoms with van der Waals surface area (Å²) in [5, 5.41) is 7.07. The summed E-state index contributed by atoms with van der Waals surface area (Å²) in [5.41, 5.74) is 0.777. The molecule has 0 saturated carbocycles. The van der Waals surface area contributed by atoms with Crippen LogP contribution in [0.3, 0.4) is 0 Å². The van der Waals surface area contributed by atoms with Crippen LogP contribution >= 0.6 is 23.2 Å². The van der Waals surface area contributed by atoms with Crippen LogP contribution in [0.4, 0.5) is 0 Å². The first-order chi connectivity index (χ1) is 8.59. The summed E-state index contributed by atoms with van der Waals surface area (Å²) in [6, 6.07) is 5.31. The number of benzene rings is 1. The monoisotopic (exact) mass is 284 g/mol. The first-order valence-electron chi connectivity index (χ1n) is 5.13. The van der Waals surface area contributed by atoms with Gasteiger partial charge < -0.3 is 4.90 Å². The second-order valence-corrected chi connectivity index (χ2v) is 4.49. The number of nitrogens with zero attached hydrogens (tertiary/aromatic N) is 3. The Labute approximate surface area is 114 Å². The Hall–Kier alpha value is -1.59. The van der Waals surface area contributed by atoms with E-state index >= 15 is 0 Å².